The minimum Gasteiger partial charge on any atom is -0.463 e. The van der Waals surface area contributed by atoms with Gasteiger partial charge in [-0.3, -0.25) is 33.6 Å². The van der Waals surface area contributed by atoms with Crippen LogP contribution in [-0.4, -0.2) is 125 Å². The van der Waals surface area contributed by atoms with Gasteiger partial charge in [0, 0.05) is 27.7 Å². The lowest BCUT2D eigenvalue weighted by Gasteiger charge is -2.44. The molecular formula is C30H48N4O15S. The van der Waals surface area contributed by atoms with Crippen molar-refractivity contribution in [2.75, 3.05) is 12.4 Å². The molecule has 1 aliphatic heterocycles. The highest BCUT2D eigenvalue weighted by Crippen LogP contribution is 2.35. The predicted octanol–water partition coefficient (Wildman–Crippen LogP) is -1.06. The number of carbonyl (C=O) groups is 8. The average molecular weight is 737 g/mol. The summed E-state index contributed by atoms with van der Waals surface area (Å²) in [5.74, 6) is -5.90. The van der Waals surface area contributed by atoms with Gasteiger partial charge in [-0.25, -0.2) is 4.79 Å². The predicted molar refractivity (Wildman–Crippen MR) is 173 cm³/mol. The Kier molecular flexibility index (Phi) is 17.4. The van der Waals surface area contributed by atoms with Gasteiger partial charge in [-0.1, -0.05) is 0 Å². The van der Waals surface area contributed by atoms with Crippen molar-refractivity contribution in [1.82, 2.24) is 16.0 Å². The first kappa shape index (κ1) is 43.9. The maximum Gasteiger partial charge on any atom is 0.408 e. The summed E-state index contributed by atoms with van der Waals surface area (Å²) in [4.78, 5) is 98.3. The second kappa shape index (κ2) is 19.9. The SMILES string of the molecule is CC(=O)OC[C@H]1O[C@@H](SCC[C@H](NC(=O)[C@@H](NC(=O)OC(C)(C)C)[C@@H](C)O)C(=O)N[C@@H](C)C(N)=O)[C@H](OC(C)=O)[C@@H](OC(C)=O)[C@@H]1OC(C)=O. The first-order valence-corrected chi connectivity index (χ1v) is 16.6. The van der Waals surface area contributed by atoms with Gasteiger partial charge < -0.3 is 55.2 Å². The maximum atomic E-state index is 13.3. The van der Waals surface area contributed by atoms with Gasteiger partial charge in [0.25, 0.3) is 0 Å². The van der Waals surface area contributed by atoms with Gasteiger partial charge in [-0.15, -0.1) is 11.8 Å². The number of amides is 4. The molecule has 6 N–H and O–H groups in total. The van der Waals surface area contributed by atoms with Crippen molar-refractivity contribution in [2.45, 2.75) is 128 Å². The molecule has 284 valence electrons. The molecule has 0 bridgehead atoms. The largest absolute Gasteiger partial charge is 0.463 e. The molecule has 0 spiro atoms. The maximum absolute atomic E-state index is 13.3. The summed E-state index contributed by atoms with van der Waals surface area (Å²) in [5, 5.41) is 17.3. The highest BCUT2D eigenvalue weighted by Gasteiger charge is 2.52. The number of rotatable bonds is 16. The first-order chi connectivity index (χ1) is 23.0. The van der Waals surface area contributed by atoms with E-state index in [-0.39, 0.29) is 12.2 Å². The molecular weight excluding hydrogens is 688 g/mol. The molecule has 19 nitrogen and oxygen atoms in total. The third-order valence-electron chi connectivity index (χ3n) is 6.49. The molecule has 1 aliphatic rings. The molecule has 50 heavy (non-hydrogen) atoms. The van der Waals surface area contributed by atoms with Crippen LogP contribution in [0.25, 0.3) is 0 Å². The van der Waals surface area contributed by atoms with E-state index >= 15 is 0 Å². The summed E-state index contributed by atoms with van der Waals surface area (Å²) in [6, 6.07) is -4.12. The van der Waals surface area contributed by atoms with Crippen LogP contribution < -0.4 is 21.7 Å². The normalized spacial score (nSPS) is 22.6. The second-order valence-electron chi connectivity index (χ2n) is 12.3. The molecule has 1 fully saturated rings. The number of alkyl carbamates (subject to hydrolysis) is 1. The van der Waals surface area contributed by atoms with E-state index in [1.165, 1.54) is 13.8 Å². The Morgan fingerprint density at radius 3 is 1.82 bits per heavy atom. The molecule has 0 radical (unpaired) electrons. The number of hydrogen-bond donors (Lipinski definition) is 5. The quantitative estimate of drug-likeness (QED) is 0.0933. The van der Waals surface area contributed by atoms with E-state index in [1.807, 2.05) is 0 Å². The van der Waals surface area contributed by atoms with Crippen molar-refractivity contribution < 1.29 is 71.9 Å². The fourth-order valence-electron chi connectivity index (χ4n) is 4.38. The molecule has 1 heterocycles. The molecule has 0 aromatic heterocycles. The minimum atomic E-state index is -1.57. The van der Waals surface area contributed by atoms with Gasteiger partial charge in [0.05, 0.1) is 6.10 Å². The Hall–Kier alpha value is -4.17. The highest BCUT2D eigenvalue weighted by molar-refractivity contribution is 7.99. The monoisotopic (exact) mass is 736 g/mol. The zero-order chi connectivity index (χ0) is 38.5. The van der Waals surface area contributed by atoms with E-state index in [0.717, 1.165) is 39.5 Å². The number of esters is 4. The van der Waals surface area contributed by atoms with Gasteiger partial charge in [0.15, 0.2) is 18.3 Å². The smallest absolute Gasteiger partial charge is 0.408 e. The number of nitrogens with one attached hydrogen (secondary N) is 3. The van der Waals surface area contributed by atoms with Crippen molar-refractivity contribution >= 4 is 59.5 Å². The Bertz CT molecular complexity index is 1260. The van der Waals surface area contributed by atoms with Crippen LogP contribution in [-0.2, 0) is 62.0 Å². The molecule has 0 aliphatic carbocycles. The zero-order valence-corrected chi connectivity index (χ0v) is 30.3. The third-order valence-corrected chi connectivity index (χ3v) is 7.67. The molecule has 0 aromatic rings. The van der Waals surface area contributed by atoms with Crippen molar-refractivity contribution in [1.29, 1.82) is 0 Å². The fourth-order valence-corrected chi connectivity index (χ4v) is 5.61. The van der Waals surface area contributed by atoms with E-state index in [1.54, 1.807) is 20.8 Å². The van der Waals surface area contributed by atoms with Crippen LogP contribution in [0.5, 0.6) is 0 Å². The summed E-state index contributed by atoms with van der Waals surface area (Å²) >= 11 is 0.933. The molecule has 0 saturated carbocycles. The van der Waals surface area contributed by atoms with Crippen LogP contribution in [0.3, 0.4) is 0 Å². The van der Waals surface area contributed by atoms with Crippen LogP contribution in [0.4, 0.5) is 4.79 Å². The standard InChI is InChI=1S/C30H48N4O15S/c1-13(25(31)40)32-26(41)19(33-27(42)21(14(2)35)34-29(43)49-30(7,8)9)10-11-50-28-24(47-18(6)39)23(46-17(5)38)22(45-16(4)37)20(48-28)12-44-15(3)36/h13-14,19-24,28,35H,10-12H2,1-9H3,(H2,31,40)(H,32,41)(H,33,42)(H,34,43)/t13-,14+,19-,20+,21-,22+,23-,24+,28-/m0/s1. The number of nitrogens with two attached hydrogens (primary N) is 1. The number of aliphatic hydroxyl groups is 1. The topological polar surface area (TPSA) is 274 Å². The third kappa shape index (κ3) is 15.6. The lowest BCUT2D eigenvalue weighted by molar-refractivity contribution is -0.237. The summed E-state index contributed by atoms with van der Waals surface area (Å²) in [7, 11) is 0. The van der Waals surface area contributed by atoms with Crippen LogP contribution in [0.2, 0.25) is 0 Å². The van der Waals surface area contributed by atoms with Gasteiger partial charge in [0.1, 0.15) is 41.9 Å². The number of ether oxygens (including phenoxy) is 6. The molecule has 1 saturated heterocycles. The fraction of sp³-hybridized carbons (Fsp3) is 0.733. The van der Waals surface area contributed by atoms with Crippen molar-refractivity contribution in [3.05, 3.63) is 0 Å². The number of aliphatic hydroxyl groups excluding tert-OH is 1. The van der Waals surface area contributed by atoms with E-state index in [9.17, 15) is 43.5 Å². The first-order valence-electron chi connectivity index (χ1n) is 15.5. The number of thioether (sulfide) groups is 1. The molecule has 0 unspecified atom stereocenters. The minimum absolute atomic E-state index is 0.0596. The van der Waals surface area contributed by atoms with Crippen LogP contribution in [0, 0.1) is 0 Å². The average Bonchev–Trinajstić information content (AvgIpc) is 2.95. The Morgan fingerprint density at radius 2 is 1.34 bits per heavy atom. The molecule has 4 amide bonds. The Labute approximate surface area is 293 Å². The Morgan fingerprint density at radius 1 is 0.800 bits per heavy atom. The van der Waals surface area contributed by atoms with E-state index < -0.39 is 114 Å². The summed E-state index contributed by atoms with van der Waals surface area (Å²) in [6.07, 6.45) is -8.04. The summed E-state index contributed by atoms with van der Waals surface area (Å²) in [5.41, 5.74) is 3.17. The summed E-state index contributed by atoms with van der Waals surface area (Å²) < 4.78 is 32.5. The number of carbonyl (C=O) groups excluding carboxylic acids is 8. The van der Waals surface area contributed by atoms with E-state index in [4.69, 9.17) is 34.2 Å². The molecule has 1 rings (SSSR count). The van der Waals surface area contributed by atoms with Gasteiger partial charge >= 0.3 is 30.0 Å². The van der Waals surface area contributed by atoms with Gasteiger partial charge in [-0.05, 0) is 46.8 Å². The lowest BCUT2D eigenvalue weighted by atomic mass is 9.99. The van der Waals surface area contributed by atoms with Crippen LogP contribution >= 0.6 is 11.8 Å². The highest BCUT2D eigenvalue weighted by atomic mass is 32.2. The molecule has 9 atom stereocenters. The number of primary amides is 1. The van der Waals surface area contributed by atoms with Crippen molar-refractivity contribution in [3.63, 3.8) is 0 Å². The molecule has 0 aromatic carbocycles. The van der Waals surface area contributed by atoms with Crippen LogP contribution in [0.15, 0.2) is 0 Å². The summed E-state index contributed by atoms with van der Waals surface area (Å²) in [6.45, 7) is 11.2. The number of hydrogen-bond acceptors (Lipinski definition) is 16. The lowest BCUT2D eigenvalue weighted by Crippen LogP contribution is -2.61. The Balaban J connectivity index is 3.39. The zero-order valence-electron chi connectivity index (χ0n) is 29.5. The van der Waals surface area contributed by atoms with Gasteiger partial charge in [0.2, 0.25) is 17.7 Å². The van der Waals surface area contributed by atoms with Crippen LogP contribution in [0.1, 0.15) is 68.7 Å². The molecule has 20 heteroatoms. The van der Waals surface area contributed by atoms with Gasteiger partial charge in [-0.2, -0.15) is 0 Å². The van der Waals surface area contributed by atoms with E-state index in [2.05, 4.69) is 16.0 Å². The van der Waals surface area contributed by atoms with Crippen molar-refractivity contribution in [2.24, 2.45) is 5.73 Å². The van der Waals surface area contributed by atoms with Crippen molar-refractivity contribution in [3.8, 4) is 0 Å². The van der Waals surface area contributed by atoms with E-state index in [0.29, 0.717) is 0 Å². The second-order valence-corrected chi connectivity index (χ2v) is 13.5.